The number of nitrogens with zero attached hydrogens (tertiary/aromatic N) is 2. The molecule has 3 amide bonds. The van der Waals surface area contributed by atoms with Crippen molar-refractivity contribution in [1.82, 2.24) is 4.90 Å². The minimum absolute atomic E-state index is 0.0550. The number of hydrogen-bond donors (Lipinski definition) is 1. The van der Waals surface area contributed by atoms with Crippen LogP contribution in [0.3, 0.4) is 0 Å². The molecule has 0 radical (unpaired) electrons. The number of rotatable bonds is 4. The Bertz CT molecular complexity index is 1090. The first-order chi connectivity index (χ1) is 14.2. The van der Waals surface area contributed by atoms with Crippen LogP contribution in [-0.2, 0) is 11.2 Å². The fourth-order valence-electron chi connectivity index (χ4n) is 4.17. The van der Waals surface area contributed by atoms with Crippen LogP contribution in [0.15, 0.2) is 72.8 Å². The standard InChI is InChI=1S/C24H21N3O2/c28-23(16-26-12-13-27(24(26)29)20-7-2-1-3-8-20)25-19-10-11-22-18(15-19)14-17-6-4-5-9-21(17)22/h1-11,15H,12-14,16H2,(H,25,28). The summed E-state index contributed by atoms with van der Waals surface area (Å²) in [6.45, 7) is 1.19. The van der Waals surface area contributed by atoms with E-state index in [0.717, 1.165) is 17.8 Å². The molecule has 0 bridgehead atoms. The number of hydrogen-bond acceptors (Lipinski definition) is 2. The summed E-state index contributed by atoms with van der Waals surface area (Å²) in [5.41, 5.74) is 6.66. The van der Waals surface area contributed by atoms with Crippen molar-refractivity contribution in [3.63, 3.8) is 0 Å². The Morgan fingerprint density at radius 3 is 2.48 bits per heavy atom. The van der Waals surface area contributed by atoms with Gasteiger partial charge >= 0.3 is 6.03 Å². The van der Waals surface area contributed by atoms with Gasteiger partial charge in [0.15, 0.2) is 0 Å². The van der Waals surface area contributed by atoms with Gasteiger partial charge in [-0.05, 0) is 52.9 Å². The quantitative estimate of drug-likeness (QED) is 0.576. The Morgan fingerprint density at radius 2 is 1.62 bits per heavy atom. The Balaban J connectivity index is 1.24. The molecule has 3 aromatic carbocycles. The van der Waals surface area contributed by atoms with Crippen molar-refractivity contribution in [2.75, 3.05) is 29.9 Å². The van der Waals surface area contributed by atoms with E-state index < -0.39 is 0 Å². The lowest BCUT2D eigenvalue weighted by Crippen LogP contribution is -2.37. The van der Waals surface area contributed by atoms with Gasteiger partial charge in [0.05, 0.1) is 0 Å². The predicted molar refractivity (Wildman–Crippen MR) is 114 cm³/mol. The van der Waals surface area contributed by atoms with Gasteiger partial charge in [-0.1, -0.05) is 48.5 Å². The number of carbonyl (C=O) groups is 2. The zero-order chi connectivity index (χ0) is 19.8. The maximum atomic E-state index is 12.6. The van der Waals surface area contributed by atoms with Crippen LogP contribution in [0.1, 0.15) is 11.1 Å². The molecule has 0 aromatic heterocycles. The third-order valence-electron chi connectivity index (χ3n) is 5.57. The molecular formula is C24H21N3O2. The highest BCUT2D eigenvalue weighted by Gasteiger charge is 2.30. The fraction of sp³-hybridized carbons (Fsp3) is 0.167. The van der Waals surface area contributed by atoms with E-state index in [1.54, 1.807) is 9.80 Å². The molecule has 5 heteroatoms. The van der Waals surface area contributed by atoms with E-state index in [1.165, 1.54) is 22.3 Å². The van der Waals surface area contributed by atoms with E-state index in [-0.39, 0.29) is 18.5 Å². The van der Waals surface area contributed by atoms with Gasteiger partial charge in [-0.2, -0.15) is 0 Å². The Hall–Kier alpha value is -3.60. The first-order valence-electron chi connectivity index (χ1n) is 9.81. The van der Waals surface area contributed by atoms with E-state index in [0.29, 0.717) is 13.1 Å². The molecule has 5 nitrogen and oxygen atoms in total. The Morgan fingerprint density at radius 1 is 0.862 bits per heavy atom. The molecule has 5 rings (SSSR count). The van der Waals surface area contributed by atoms with Gasteiger partial charge in [0.1, 0.15) is 6.54 Å². The van der Waals surface area contributed by atoms with Crippen molar-refractivity contribution in [3.8, 4) is 11.1 Å². The highest BCUT2D eigenvalue weighted by atomic mass is 16.2. The second-order valence-corrected chi connectivity index (χ2v) is 7.45. The van der Waals surface area contributed by atoms with Crippen molar-refractivity contribution in [1.29, 1.82) is 0 Å². The highest BCUT2D eigenvalue weighted by Crippen LogP contribution is 2.37. The predicted octanol–water partition coefficient (Wildman–Crippen LogP) is 4.14. The lowest BCUT2D eigenvalue weighted by molar-refractivity contribution is -0.116. The van der Waals surface area contributed by atoms with Gasteiger partial charge < -0.3 is 10.2 Å². The van der Waals surface area contributed by atoms with Crippen LogP contribution in [0.2, 0.25) is 0 Å². The molecule has 1 aliphatic carbocycles. The van der Waals surface area contributed by atoms with E-state index in [1.807, 2.05) is 42.5 Å². The summed E-state index contributed by atoms with van der Waals surface area (Å²) >= 11 is 0. The average molecular weight is 383 g/mol. The fourth-order valence-corrected chi connectivity index (χ4v) is 4.17. The maximum absolute atomic E-state index is 12.6. The molecule has 1 N–H and O–H groups in total. The normalized spacial score (nSPS) is 14.7. The zero-order valence-corrected chi connectivity index (χ0v) is 16.0. The molecule has 1 aliphatic heterocycles. The first-order valence-corrected chi connectivity index (χ1v) is 9.81. The van der Waals surface area contributed by atoms with E-state index >= 15 is 0 Å². The smallest absolute Gasteiger partial charge is 0.325 e. The minimum Gasteiger partial charge on any atom is -0.325 e. The maximum Gasteiger partial charge on any atom is 0.325 e. The highest BCUT2D eigenvalue weighted by molar-refractivity contribution is 5.99. The van der Waals surface area contributed by atoms with Gasteiger partial charge in [-0.25, -0.2) is 4.79 Å². The van der Waals surface area contributed by atoms with Crippen LogP contribution in [0.4, 0.5) is 16.2 Å². The van der Waals surface area contributed by atoms with Crippen LogP contribution < -0.4 is 10.2 Å². The monoisotopic (exact) mass is 383 g/mol. The molecule has 144 valence electrons. The van der Waals surface area contributed by atoms with Crippen LogP contribution in [0.25, 0.3) is 11.1 Å². The molecule has 29 heavy (non-hydrogen) atoms. The van der Waals surface area contributed by atoms with Crippen molar-refractivity contribution < 1.29 is 9.59 Å². The molecule has 1 heterocycles. The molecule has 0 atom stereocenters. The Labute approximate surface area is 169 Å². The molecule has 0 unspecified atom stereocenters. The number of amides is 3. The lowest BCUT2D eigenvalue weighted by Gasteiger charge is -2.18. The second kappa shape index (κ2) is 7.09. The summed E-state index contributed by atoms with van der Waals surface area (Å²) in [6.07, 6.45) is 0.881. The number of anilines is 2. The van der Waals surface area contributed by atoms with Crippen LogP contribution in [0.5, 0.6) is 0 Å². The summed E-state index contributed by atoms with van der Waals surface area (Å²) in [7, 11) is 0. The topological polar surface area (TPSA) is 52.7 Å². The summed E-state index contributed by atoms with van der Waals surface area (Å²) in [5, 5.41) is 2.95. The van der Waals surface area contributed by atoms with Crippen molar-refractivity contribution in [2.24, 2.45) is 0 Å². The molecular weight excluding hydrogens is 362 g/mol. The summed E-state index contributed by atoms with van der Waals surface area (Å²) < 4.78 is 0. The van der Waals surface area contributed by atoms with Crippen molar-refractivity contribution in [2.45, 2.75) is 6.42 Å². The summed E-state index contributed by atoms with van der Waals surface area (Å²) in [6, 6.07) is 23.8. The Kier molecular flexibility index (Phi) is 4.28. The van der Waals surface area contributed by atoms with Gasteiger partial charge in [-0.3, -0.25) is 9.69 Å². The molecule has 2 aliphatic rings. The number of fused-ring (bicyclic) bond motifs is 3. The summed E-state index contributed by atoms with van der Waals surface area (Å²) in [5.74, 6) is -0.177. The minimum atomic E-state index is -0.177. The van der Waals surface area contributed by atoms with E-state index in [9.17, 15) is 9.59 Å². The third-order valence-corrected chi connectivity index (χ3v) is 5.57. The van der Waals surface area contributed by atoms with Crippen LogP contribution in [0, 0.1) is 0 Å². The largest absolute Gasteiger partial charge is 0.325 e. The zero-order valence-electron chi connectivity index (χ0n) is 16.0. The van der Waals surface area contributed by atoms with E-state index in [4.69, 9.17) is 0 Å². The molecule has 3 aromatic rings. The van der Waals surface area contributed by atoms with Crippen molar-refractivity contribution >= 4 is 23.3 Å². The first kappa shape index (κ1) is 17.5. The second-order valence-electron chi connectivity index (χ2n) is 7.45. The molecule has 1 saturated heterocycles. The third kappa shape index (κ3) is 3.25. The molecule has 1 fully saturated rings. The van der Waals surface area contributed by atoms with E-state index in [2.05, 4.69) is 35.6 Å². The SMILES string of the molecule is O=C(CN1CCN(c2ccccc2)C1=O)Nc1ccc2c(c1)Cc1ccccc1-2. The number of carbonyl (C=O) groups excluding carboxylic acids is 2. The average Bonchev–Trinajstić information content (AvgIpc) is 3.28. The van der Waals surface area contributed by atoms with Crippen LogP contribution >= 0.6 is 0 Å². The van der Waals surface area contributed by atoms with Crippen molar-refractivity contribution in [3.05, 3.63) is 83.9 Å². The molecule has 0 spiro atoms. The van der Waals surface area contributed by atoms with Gasteiger partial charge in [0.25, 0.3) is 0 Å². The van der Waals surface area contributed by atoms with Gasteiger partial charge in [-0.15, -0.1) is 0 Å². The van der Waals surface area contributed by atoms with Gasteiger partial charge in [0.2, 0.25) is 5.91 Å². The number of para-hydroxylation sites is 1. The summed E-state index contributed by atoms with van der Waals surface area (Å²) in [4.78, 5) is 28.5. The molecule has 0 saturated carbocycles. The number of urea groups is 1. The van der Waals surface area contributed by atoms with Crippen LogP contribution in [-0.4, -0.2) is 36.5 Å². The number of nitrogens with one attached hydrogen (secondary N) is 1. The van der Waals surface area contributed by atoms with Gasteiger partial charge in [0, 0.05) is 24.5 Å². The lowest BCUT2D eigenvalue weighted by atomic mass is 10.1. The number of benzene rings is 3.